The summed E-state index contributed by atoms with van der Waals surface area (Å²) in [5.74, 6) is 0.184. The topological polar surface area (TPSA) is 39.0 Å². The largest absolute Gasteiger partial charge is 0.297 e. The van der Waals surface area contributed by atoms with E-state index in [0.717, 1.165) is 5.56 Å². The van der Waals surface area contributed by atoms with Gasteiger partial charge in [0.05, 0.1) is 12.1 Å². The number of aryl methyl sites for hydroxylation is 2. The Kier molecular flexibility index (Phi) is 2.96. The molecule has 0 bridgehead atoms. The summed E-state index contributed by atoms with van der Waals surface area (Å²) in [6.45, 7) is 4.21. The van der Waals surface area contributed by atoms with Crippen molar-refractivity contribution >= 4 is 5.78 Å². The zero-order chi connectivity index (χ0) is 13.4. The van der Waals surface area contributed by atoms with Crippen molar-refractivity contribution in [2.24, 2.45) is 0 Å². The molecule has 0 spiro atoms. The zero-order valence-corrected chi connectivity index (χ0v) is 11.2. The third-order valence-electron chi connectivity index (χ3n) is 3.81. The van der Waals surface area contributed by atoms with Crippen LogP contribution in [0.2, 0.25) is 0 Å². The summed E-state index contributed by atoms with van der Waals surface area (Å²) in [5.41, 5.74) is 4.55. The van der Waals surface area contributed by atoms with Gasteiger partial charge < -0.3 is 0 Å². The van der Waals surface area contributed by atoms with Crippen LogP contribution in [-0.2, 0) is 0 Å². The minimum Gasteiger partial charge on any atom is -0.297 e. The molecule has 1 aliphatic rings. The minimum atomic E-state index is -0.0653. The van der Waals surface area contributed by atoms with Crippen molar-refractivity contribution in [1.82, 2.24) is 5.32 Å². The Morgan fingerprint density at radius 1 is 1.00 bits per heavy atom. The molecule has 0 aromatic heterocycles. The van der Waals surface area contributed by atoms with Crippen LogP contribution in [0.1, 0.15) is 33.1 Å². The maximum Gasteiger partial charge on any atom is 0.181 e. The molecular formula is C17H17NO. The summed E-state index contributed by atoms with van der Waals surface area (Å²) < 4.78 is 0. The third kappa shape index (κ3) is 2.32. The molecule has 2 aromatic rings. The van der Waals surface area contributed by atoms with E-state index in [0.29, 0.717) is 0 Å². The molecule has 2 heteroatoms. The Labute approximate surface area is 113 Å². The number of benzene rings is 2. The predicted octanol–water partition coefficient (Wildman–Crippen LogP) is 3.20. The summed E-state index contributed by atoms with van der Waals surface area (Å²) in [6, 6.07) is 16.0. The second-order valence-electron chi connectivity index (χ2n) is 5.20. The average Bonchev–Trinajstić information content (AvgIpc) is 3.22. The number of hydrogen-bond acceptors (Lipinski definition) is 2. The second-order valence-corrected chi connectivity index (χ2v) is 5.20. The maximum atomic E-state index is 12.3. The van der Waals surface area contributed by atoms with Gasteiger partial charge in [0, 0.05) is 5.56 Å². The molecule has 0 radical (unpaired) electrons. The third-order valence-corrected chi connectivity index (χ3v) is 3.81. The fraction of sp³-hybridized carbons (Fsp3) is 0.235. The molecule has 0 saturated carbocycles. The SMILES string of the molecule is Cc1ccc(C2NC2C(=O)c2ccccc2)cc1C. The molecule has 1 saturated heterocycles. The van der Waals surface area contributed by atoms with Gasteiger partial charge in [-0.2, -0.15) is 0 Å². The van der Waals surface area contributed by atoms with Gasteiger partial charge in [-0.15, -0.1) is 0 Å². The molecule has 1 fully saturated rings. The first-order chi connectivity index (χ1) is 9.16. The summed E-state index contributed by atoms with van der Waals surface area (Å²) in [4.78, 5) is 12.3. The highest BCUT2D eigenvalue weighted by molar-refractivity contribution is 6.02. The van der Waals surface area contributed by atoms with E-state index in [-0.39, 0.29) is 17.9 Å². The van der Waals surface area contributed by atoms with Crippen LogP contribution in [0, 0.1) is 13.8 Å². The Balaban J connectivity index is 1.77. The van der Waals surface area contributed by atoms with Gasteiger partial charge in [-0.25, -0.2) is 0 Å². The minimum absolute atomic E-state index is 0.0653. The summed E-state index contributed by atoms with van der Waals surface area (Å²) in [6.07, 6.45) is 0. The second kappa shape index (κ2) is 4.63. The molecule has 1 aliphatic heterocycles. The van der Waals surface area contributed by atoms with Crippen molar-refractivity contribution in [3.8, 4) is 0 Å². The lowest BCUT2D eigenvalue weighted by atomic mass is 10.00. The average molecular weight is 251 g/mol. The summed E-state index contributed by atoms with van der Waals surface area (Å²) >= 11 is 0. The molecule has 3 rings (SSSR count). The van der Waals surface area contributed by atoms with E-state index in [2.05, 4.69) is 37.4 Å². The summed E-state index contributed by atoms with van der Waals surface area (Å²) in [5, 5.41) is 3.28. The number of nitrogens with one attached hydrogen (secondary N) is 1. The van der Waals surface area contributed by atoms with Crippen molar-refractivity contribution in [2.45, 2.75) is 25.9 Å². The highest BCUT2D eigenvalue weighted by atomic mass is 16.1. The molecule has 0 amide bonds. The quantitative estimate of drug-likeness (QED) is 0.672. The van der Waals surface area contributed by atoms with Gasteiger partial charge in [-0.1, -0.05) is 48.5 Å². The van der Waals surface area contributed by atoms with E-state index in [1.165, 1.54) is 16.7 Å². The molecule has 96 valence electrons. The van der Waals surface area contributed by atoms with Crippen LogP contribution in [0.3, 0.4) is 0 Å². The Morgan fingerprint density at radius 2 is 1.74 bits per heavy atom. The number of carbonyl (C=O) groups is 1. The maximum absolute atomic E-state index is 12.3. The van der Waals surface area contributed by atoms with Crippen LogP contribution in [0.15, 0.2) is 48.5 Å². The Morgan fingerprint density at radius 3 is 2.42 bits per heavy atom. The van der Waals surface area contributed by atoms with Crippen molar-refractivity contribution in [1.29, 1.82) is 0 Å². The van der Waals surface area contributed by atoms with Gasteiger partial charge in [-0.3, -0.25) is 10.1 Å². The van der Waals surface area contributed by atoms with Crippen LogP contribution in [0.4, 0.5) is 0 Å². The van der Waals surface area contributed by atoms with Gasteiger partial charge in [0.25, 0.3) is 0 Å². The molecule has 0 aliphatic carbocycles. The zero-order valence-electron chi connectivity index (χ0n) is 11.2. The highest BCUT2D eigenvalue weighted by Gasteiger charge is 2.43. The molecule has 1 N–H and O–H groups in total. The van der Waals surface area contributed by atoms with Crippen molar-refractivity contribution in [2.75, 3.05) is 0 Å². The number of Topliss-reactive ketones (excluding diaryl/α,β-unsaturated/α-hetero) is 1. The molecule has 2 nitrogen and oxygen atoms in total. The van der Waals surface area contributed by atoms with Gasteiger partial charge in [0.1, 0.15) is 0 Å². The standard InChI is InChI=1S/C17H17NO/c1-11-8-9-14(10-12(11)2)15-16(18-15)17(19)13-6-4-3-5-7-13/h3-10,15-16,18H,1-2H3. The van der Waals surface area contributed by atoms with Gasteiger partial charge >= 0.3 is 0 Å². The van der Waals surface area contributed by atoms with Gasteiger partial charge in [0.15, 0.2) is 5.78 Å². The van der Waals surface area contributed by atoms with Crippen LogP contribution in [-0.4, -0.2) is 11.8 Å². The molecule has 2 unspecified atom stereocenters. The fourth-order valence-corrected chi connectivity index (χ4v) is 2.39. The fourth-order valence-electron chi connectivity index (χ4n) is 2.39. The first kappa shape index (κ1) is 12.1. The van der Waals surface area contributed by atoms with E-state index < -0.39 is 0 Å². The normalized spacial score (nSPS) is 21.2. The Hall–Kier alpha value is -1.93. The van der Waals surface area contributed by atoms with E-state index in [1.54, 1.807) is 0 Å². The van der Waals surface area contributed by atoms with Crippen LogP contribution in [0.5, 0.6) is 0 Å². The van der Waals surface area contributed by atoms with Gasteiger partial charge in [-0.05, 0) is 30.5 Å². The molecule has 2 atom stereocenters. The van der Waals surface area contributed by atoms with Crippen LogP contribution < -0.4 is 5.32 Å². The van der Waals surface area contributed by atoms with Crippen molar-refractivity contribution in [3.05, 3.63) is 70.8 Å². The molecular weight excluding hydrogens is 234 g/mol. The van der Waals surface area contributed by atoms with Crippen molar-refractivity contribution < 1.29 is 4.79 Å². The van der Waals surface area contributed by atoms with Crippen LogP contribution in [0.25, 0.3) is 0 Å². The first-order valence-electron chi connectivity index (χ1n) is 6.59. The number of rotatable bonds is 3. The first-order valence-corrected chi connectivity index (χ1v) is 6.59. The van der Waals surface area contributed by atoms with E-state index in [9.17, 15) is 4.79 Å². The molecule has 1 heterocycles. The molecule has 19 heavy (non-hydrogen) atoms. The molecule has 2 aromatic carbocycles. The number of carbonyl (C=O) groups excluding carboxylic acids is 1. The lowest BCUT2D eigenvalue weighted by Gasteiger charge is -2.03. The summed E-state index contributed by atoms with van der Waals surface area (Å²) in [7, 11) is 0. The highest BCUT2D eigenvalue weighted by Crippen LogP contribution is 2.32. The Bertz CT molecular complexity index is 618. The van der Waals surface area contributed by atoms with Gasteiger partial charge in [0.2, 0.25) is 0 Å². The van der Waals surface area contributed by atoms with Crippen molar-refractivity contribution in [3.63, 3.8) is 0 Å². The lowest BCUT2D eigenvalue weighted by Crippen LogP contribution is -2.10. The van der Waals surface area contributed by atoms with E-state index in [4.69, 9.17) is 0 Å². The predicted molar refractivity (Wildman–Crippen MR) is 76.4 cm³/mol. The van der Waals surface area contributed by atoms with E-state index >= 15 is 0 Å². The number of ketones is 1. The number of hydrogen-bond donors (Lipinski definition) is 1. The monoisotopic (exact) mass is 251 g/mol. The van der Waals surface area contributed by atoms with E-state index in [1.807, 2.05) is 30.3 Å². The smallest absolute Gasteiger partial charge is 0.181 e. The lowest BCUT2D eigenvalue weighted by molar-refractivity contribution is 0.0988. The van der Waals surface area contributed by atoms with Crippen LogP contribution >= 0.6 is 0 Å².